The number of hydrogen-bond acceptors (Lipinski definition) is 5. The van der Waals surface area contributed by atoms with Crippen LogP contribution in [-0.4, -0.2) is 45.6 Å². The normalized spacial score (nSPS) is 10.0. The summed E-state index contributed by atoms with van der Waals surface area (Å²) in [5.74, 6) is 2.89. The number of carbonyl (C=O) groups excluding carboxylic acids is 1. The largest absolute Gasteiger partial charge is 0.491 e. The predicted molar refractivity (Wildman–Crippen MR) is 82.7 cm³/mol. The first kappa shape index (κ1) is 18.0. The molecule has 0 saturated heterocycles. The summed E-state index contributed by atoms with van der Waals surface area (Å²) in [6.07, 6.45) is 5.32. The summed E-state index contributed by atoms with van der Waals surface area (Å²) in [6.45, 7) is 4.39. The van der Waals surface area contributed by atoms with Crippen LogP contribution in [0.3, 0.4) is 0 Å². The summed E-state index contributed by atoms with van der Waals surface area (Å²) in [4.78, 5) is 11.3. The first-order valence-electron chi connectivity index (χ1n) is 7.22. The molecule has 0 atom stereocenters. The third-order valence-electron chi connectivity index (χ3n) is 2.63. The molecule has 5 heteroatoms. The second kappa shape index (κ2) is 11.6. The van der Waals surface area contributed by atoms with Crippen molar-refractivity contribution < 1.29 is 23.7 Å². The van der Waals surface area contributed by atoms with Gasteiger partial charge in [0, 0.05) is 0 Å². The molecule has 0 saturated carbocycles. The van der Waals surface area contributed by atoms with E-state index in [1.165, 1.54) is 0 Å². The number of esters is 1. The minimum atomic E-state index is -0.225. The van der Waals surface area contributed by atoms with Gasteiger partial charge in [-0.2, -0.15) is 0 Å². The molecule has 1 aromatic rings. The number of ether oxygens (including phenoxy) is 4. The fourth-order valence-corrected chi connectivity index (χ4v) is 1.65. The predicted octanol–water partition coefficient (Wildman–Crippen LogP) is 1.84. The molecule has 22 heavy (non-hydrogen) atoms. The van der Waals surface area contributed by atoms with Gasteiger partial charge in [-0.15, -0.1) is 6.42 Å². The Kier molecular flexibility index (Phi) is 9.51. The van der Waals surface area contributed by atoms with E-state index in [0.717, 1.165) is 11.3 Å². The van der Waals surface area contributed by atoms with E-state index in [1.54, 1.807) is 6.92 Å². The molecule has 0 aliphatic carbocycles. The number of rotatable bonds is 11. The average Bonchev–Trinajstić information content (AvgIpc) is 2.52. The van der Waals surface area contributed by atoms with Crippen molar-refractivity contribution in [1.82, 2.24) is 0 Å². The van der Waals surface area contributed by atoms with Crippen LogP contribution >= 0.6 is 0 Å². The first-order valence-corrected chi connectivity index (χ1v) is 7.22. The molecule has 0 unspecified atom stereocenters. The summed E-state index contributed by atoms with van der Waals surface area (Å²) in [6, 6.07) is 7.34. The van der Waals surface area contributed by atoms with Crippen LogP contribution < -0.4 is 4.74 Å². The monoisotopic (exact) mass is 306 g/mol. The highest BCUT2D eigenvalue weighted by molar-refractivity contribution is 5.72. The van der Waals surface area contributed by atoms with Crippen molar-refractivity contribution in [2.24, 2.45) is 0 Å². The summed E-state index contributed by atoms with van der Waals surface area (Å²) >= 11 is 0. The number of hydrogen-bond donors (Lipinski definition) is 0. The van der Waals surface area contributed by atoms with Gasteiger partial charge in [-0.25, -0.2) is 0 Å². The minimum absolute atomic E-state index is 0.225. The van der Waals surface area contributed by atoms with Crippen LogP contribution in [0.25, 0.3) is 0 Å². The molecular formula is C17H22O5. The molecule has 5 nitrogen and oxygen atoms in total. The van der Waals surface area contributed by atoms with Crippen LogP contribution in [0, 0.1) is 12.3 Å². The summed E-state index contributed by atoms with van der Waals surface area (Å²) in [5, 5.41) is 0. The highest BCUT2D eigenvalue weighted by Gasteiger charge is 2.03. The van der Waals surface area contributed by atoms with Gasteiger partial charge >= 0.3 is 5.97 Å². The van der Waals surface area contributed by atoms with Crippen molar-refractivity contribution in [2.45, 2.75) is 13.3 Å². The molecule has 1 aromatic carbocycles. The van der Waals surface area contributed by atoms with E-state index in [2.05, 4.69) is 5.92 Å². The second-order valence-electron chi connectivity index (χ2n) is 4.34. The number of benzene rings is 1. The third-order valence-corrected chi connectivity index (χ3v) is 2.63. The van der Waals surface area contributed by atoms with Gasteiger partial charge in [-0.3, -0.25) is 4.79 Å². The Labute approximate surface area is 131 Å². The third kappa shape index (κ3) is 8.30. The van der Waals surface area contributed by atoms with E-state index in [-0.39, 0.29) is 12.4 Å². The molecule has 0 heterocycles. The lowest BCUT2D eigenvalue weighted by atomic mass is 10.1. The fraction of sp³-hybridized carbons (Fsp3) is 0.471. The van der Waals surface area contributed by atoms with Crippen molar-refractivity contribution in [3.63, 3.8) is 0 Å². The zero-order valence-electron chi connectivity index (χ0n) is 12.9. The van der Waals surface area contributed by atoms with Gasteiger partial charge in [0.2, 0.25) is 0 Å². The van der Waals surface area contributed by atoms with Gasteiger partial charge < -0.3 is 18.9 Å². The maximum absolute atomic E-state index is 11.3. The minimum Gasteiger partial charge on any atom is -0.491 e. The van der Waals surface area contributed by atoms with Gasteiger partial charge in [-0.05, 0) is 24.6 Å². The number of terminal acetylenes is 1. The summed E-state index contributed by atoms with van der Waals surface area (Å²) < 4.78 is 20.8. The summed E-state index contributed by atoms with van der Waals surface area (Å²) in [7, 11) is 0. The van der Waals surface area contributed by atoms with E-state index in [9.17, 15) is 4.79 Å². The van der Waals surface area contributed by atoms with Gasteiger partial charge in [0.25, 0.3) is 0 Å². The van der Waals surface area contributed by atoms with Crippen LogP contribution in [0.2, 0.25) is 0 Å². The van der Waals surface area contributed by atoms with Gasteiger partial charge in [0.05, 0.1) is 32.8 Å². The lowest BCUT2D eigenvalue weighted by molar-refractivity contribution is -0.142. The molecule has 0 spiro atoms. The number of carbonyl (C=O) groups is 1. The van der Waals surface area contributed by atoms with Gasteiger partial charge in [0.15, 0.2) is 0 Å². The Morgan fingerprint density at radius 2 is 1.77 bits per heavy atom. The molecule has 0 bridgehead atoms. The van der Waals surface area contributed by atoms with Crippen molar-refractivity contribution in [3.05, 3.63) is 29.8 Å². The SMILES string of the molecule is C#CCOCCOCCOc1ccc(CC(=O)OCC)cc1. The molecule has 0 aromatic heterocycles. The van der Waals surface area contributed by atoms with Crippen molar-refractivity contribution in [2.75, 3.05) is 39.6 Å². The Morgan fingerprint density at radius 1 is 1.09 bits per heavy atom. The van der Waals surface area contributed by atoms with E-state index < -0.39 is 0 Å². The highest BCUT2D eigenvalue weighted by atomic mass is 16.5. The zero-order valence-corrected chi connectivity index (χ0v) is 12.9. The molecule has 0 N–H and O–H groups in total. The van der Waals surface area contributed by atoms with Crippen LogP contribution in [-0.2, 0) is 25.4 Å². The lowest BCUT2D eigenvalue weighted by Gasteiger charge is -2.08. The standard InChI is InChI=1S/C17H22O5/c1-3-9-19-10-11-20-12-13-22-16-7-5-15(6-8-16)14-17(18)21-4-2/h1,5-8H,4,9-14H2,2H3. The molecular weight excluding hydrogens is 284 g/mol. The smallest absolute Gasteiger partial charge is 0.310 e. The quantitative estimate of drug-likeness (QED) is 0.355. The Morgan fingerprint density at radius 3 is 2.45 bits per heavy atom. The highest BCUT2D eigenvalue weighted by Crippen LogP contribution is 2.12. The van der Waals surface area contributed by atoms with Crippen LogP contribution in [0.1, 0.15) is 12.5 Å². The molecule has 1 rings (SSSR count). The van der Waals surface area contributed by atoms with Crippen molar-refractivity contribution in [1.29, 1.82) is 0 Å². The topological polar surface area (TPSA) is 54.0 Å². The fourth-order valence-electron chi connectivity index (χ4n) is 1.65. The first-order chi connectivity index (χ1) is 10.8. The summed E-state index contributed by atoms with van der Waals surface area (Å²) in [5.41, 5.74) is 0.896. The molecule has 0 aliphatic rings. The Bertz CT molecular complexity index is 461. The van der Waals surface area contributed by atoms with Crippen LogP contribution in [0.15, 0.2) is 24.3 Å². The molecule has 120 valence electrons. The Hall–Kier alpha value is -2.03. The van der Waals surface area contributed by atoms with Crippen molar-refractivity contribution in [3.8, 4) is 18.1 Å². The van der Waals surface area contributed by atoms with Gasteiger partial charge in [0.1, 0.15) is 19.0 Å². The Balaban J connectivity index is 2.14. The van der Waals surface area contributed by atoms with E-state index in [4.69, 9.17) is 25.4 Å². The van der Waals surface area contributed by atoms with Crippen LogP contribution in [0.5, 0.6) is 5.75 Å². The average molecular weight is 306 g/mol. The van der Waals surface area contributed by atoms with Crippen molar-refractivity contribution >= 4 is 5.97 Å². The zero-order chi connectivity index (χ0) is 16.0. The maximum Gasteiger partial charge on any atom is 0.310 e. The van der Waals surface area contributed by atoms with E-state index >= 15 is 0 Å². The van der Waals surface area contributed by atoms with E-state index in [1.807, 2.05) is 24.3 Å². The molecule has 0 fully saturated rings. The molecule has 0 amide bonds. The molecule has 0 radical (unpaired) electrons. The molecule has 0 aliphatic heterocycles. The van der Waals surface area contributed by atoms with Crippen LogP contribution in [0.4, 0.5) is 0 Å². The van der Waals surface area contributed by atoms with Gasteiger partial charge in [-0.1, -0.05) is 18.1 Å². The van der Waals surface area contributed by atoms with E-state index in [0.29, 0.717) is 39.6 Å². The lowest BCUT2D eigenvalue weighted by Crippen LogP contribution is -2.11. The second-order valence-corrected chi connectivity index (χ2v) is 4.34. The maximum atomic E-state index is 11.3.